The van der Waals surface area contributed by atoms with Crippen molar-refractivity contribution in [1.29, 1.82) is 0 Å². The lowest BCUT2D eigenvalue weighted by molar-refractivity contribution is 0.188. The minimum atomic E-state index is 0.128. The van der Waals surface area contributed by atoms with Crippen molar-refractivity contribution in [2.24, 2.45) is 0 Å². The average molecular weight is 198 g/mol. The van der Waals surface area contributed by atoms with E-state index < -0.39 is 0 Å². The number of ether oxygens (including phenoxy) is 1. The number of thioether (sulfide) groups is 1. The second-order valence-corrected chi connectivity index (χ2v) is 4.08. The van der Waals surface area contributed by atoms with Crippen molar-refractivity contribution >= 4 is 23.1 Å². The van der Waals surface area contributed by atoms with Crippen LogP contribution in [0.25, 0.3) is 0 Å². The molecule has 1 atom stereocenters. The van der Waals surface area contributed by atoms with E-state index in [9.17, 15) is 0 Å². The van der Waals surface area contributed by atoms with Crippen LogP contribution in [0.3, 0.4) is 0 Å². The molecule has 0 spiro atoms. The fourth-order valence-electron chi connectivity index (χ4n) is 0.866. The van der Waals surface area contributed by atoms with Gasteiger partial charge in [0.2, 0.25) is 0 Å². The van der Waals surface area contributed by atoms with E-state index in [2.05, 4.69) is 0 Å². The van der Waals surface area contributed by atoms with Crippen molar-refractivity contribution in [3.63, 3.8) is 0 Å². The SMILES string of the molecule is COC(C)Sc1ccc(N)c(N)c1. The van der Waals surface area contributed by atoms with E-state index >= 15 is 0 Å². The van der Waals surface area contributed by atoms with E-state index in [0.717, 1.165) is 4.90 Å². The van der Waals surface area contributed by atoms with Crippen LogP contribution >= 0.6 is 11.8 Å². The van der Waals surface area contributed by atoms with Gasteiger partial charge in [0.25, 0.3) is 0 Å². The molecule has 4 N–H and O–H groups in total. The number of anilines is 2. The Morgan fingerprint density at radius 3 is 2.54 bits per heavy atom. The molecule has 0 aliphatic carbocycles. The zero-order chi connectivity index (χ0) is 9.84. The number of nitrogens with two attached hydrogens (primary N) is 2. The second-order valence-electron chi connectivity index (χ2n) is 2.71. The Labute approximate surface area is 82.4 Å². The van der Waals surface area contributed by atoms with Crippen LogP contribution in [0, 0.1) is 0 Å². The van der Waals surface area contributed by atoms with E-state index in [0.29, 0.717) is 11.4 Å². The summed E-state index contributed by atoms with van der Waals surface area (Å²) < 4.78 is 5.12. The van der Waals surface area contributed by atoms with E-state index in [1.165, 1.54) is 0 Å². The van der Waals surface area contributed by atoms with Crippen molar-refractivity contribution in [2.45, 2.75) is 17.3 Å². The first kappa shape index (κ1) is 10.2. The van der Waals surface area contributed by atoms with E-state index in [1.54, 1.807) is 24.9 Å². The van der Waals surface area contributed by atoms with Gasteiger partial charge >= 0.3 is 0 Å². The number of hydrogen-bond donors (Lipinski definition) is 2. The average Bonchev–Trinajstić information content (AvgIpc) is 2.11. The zero-order valence-corrected chi connectivity index (χ0v) is 8.60. The molecule has 3 nitrogen and oxygen atoms in total. The van der Waals surface area contributed by atoms with Crippen LogP contribution in [0.4, 0.5) is 11.4 Å². The van der Waals surface area contributed by atoms with E-state index in [1.807, 2.05) is 19.1 Å². The predicted molar refractivity (Wildman–Crippen MR) is 57.6 cm³/mol. The number of nitrogen functional groups attached to an aromatic ring is 2. The van der Waals surface area contributed by atoms with Gasteiger partial charge in [-0.25, -0.2) is 0 Å². The summed E-state index contributed by atoms with van der Waals surface area (Å²) in [4.78, 5) is 1.07. The molecule has 0 fully saturated rings. The number of hydrogen-bond acceptors (Lipinski definition) is 4. The number of benzene rings is 1. The van der Waals surface area contributed by atoms with Crippen LogP contribution in [-0.2, 0) is 4.74 Å². The highest BCUT2D eigenvalue weighted by molar-refractivity contribution is 7.99. The summed E-state index contributed by atoms with van der Waals surface area (Å²) in [5.74, 6) is 0. The van der Waals surface area contributed by atoms with Gasteiger partial charge in [-0.3, -0.25) is 0 Å². The molecule has 0 bridgehead atoms. The van der Waals surface area contributed by atoms with Gasteiger partial charge in [0, 0.05) is 12.0 Å². The molecule has 4 heteroatoms. The van der Waals surface area contributed by atoms with Gasteiger partial charge in [0.1, 0.15) is 5.44 Å². The maximum Gasteiger partial charge on any atom is 0.104 e. The van der Waals surface area contributed by atoms with Crippen LogP contribution in [0.1, 0.15) is 6.92 Å². The molecule has 1 aromatic rings. The number of methoxy groups -OCH3 is 1. The molecule has 13 heavy (non-hydrogen) atoms. The van der Waals surface area contributed by atoms with Crippen molar-refractivity contribution < 1.29 is 4.74 Å². The molecule has 0 aliphatic rings. The Hall–Kier alpha value is -0.870. The first-order valence-electron chi connectivity index (χ1n) is 3.98. The Kier molecular flexibility index (Phi) is 3.45. The summed E-state index contributed by atoms with van der Waals surface area (Å²) in [7, 11) is 1.68. The molecule has 0 aliphatic heterocycles. The minimum absolute atomic E-state index is 0.128. The minimum Gasteiger partial charge on any atom is -0.397 e. The first-order chi connectivity index (χ1) is 6.13. The smallest absolute Gasteiger partial charge is 0.104 e. The first-order valence-corrected chi connectivity index (χ1v) is 4.86. The van der Waals surface area contributed by atoms with Gasteiger partial charge in [0.05, 0.1) is 11.4 Å². The van der Waals surface area contributed by atoms with Crippen LogP contribution in [0.15, 0.2) is 23.1 Å². The molecule has 0 saturated heterocycles. The summed E-state index contributed by atoms with van der Waals surface area (Å²) in [6.07, 6.45) is 0. The summed E-state index contributed by atoms with van der Waals surface area (Å²) in [5, 5.41) is 0. The highest BCUT2D eigenvalue weighted by Gasteiger charge is 2.03. The maximum absolute atomic E-state index is 5.66. The van der Waals surface area contributed by atoms with Crippen LogP contribution in [0.5, 0.6) is 0 Å². The van der Waals surface area contributed by atoms with E-state index in [4.69, 9.17) is 16.2 Å². The molecule has 72 valence electrons. The van der Waals surface area contributed by atoms with Gasteiger partial charge in [-0.05, 0) is 25.1 Å². The largest absolute Gasteiger partial charge is 0.397 e. The van der Waals surface area contributed by atoms with E-state index in [-0.39, 0.29) is 5.44 Å². The molecule has 0 aromatic heterocycles. The third kappa shape index (κ3) is 2.82. The summed E-state index contributed by atoms with van der Waals surface area (Å²) in [5.41, 5.74) is 12.6. The predicted octanol–water partition coefficient (Wildman–Crippen LogP) is 1.94. The molecule has 1 rings (SSSR count). The van der Waals surface area contributed by atoms with Gasteiger partial charge in [-0.15, -0.1) is 0 Å². The van der Waals surface area contributed by atoms with Crippen LogP contribution in [0.2, 0.25) is 0 Å². The zero-order valence-electron chi connectivity index (χ0n) is 7.78. The van der Waals surface area contributed by atoms with Gasteiger partial charge in [0.15, 0.2) is 0 Å². The van der Waals surface area contributed by atoms with Gasteiger partial charge < -0.3 is 16.2 Å². The Bertz CT molecular complexity index is 291. The Morgan fingerprint density at radius 2 is 2.00 bits per heavy atom. The topological polar surface area (TPSA) is 61.3 Å². The molecule has 0 amide bonds. The molecule has 1 unspecified atom stereocenters. The highest BCUT2D eigenvalue weighted by atomic mass is 32.2. The Morgan fingerprint density at radius 1 is 1.31 bits per heavy atom. The van der Waals surface area contributed by atoms with Crippen molar-refractivity contribution in [1.82, 2.24) is 0 Å². The Balaban J connectivity index is 2.73. The normalized spacial score (nSPS) is 12.8. The lowest BCUT2D eigenvalue weighted by Gasteiger charge is -2.09. The quantitative estimate of drug-likeness (QED) is 0.442. The fourth-order valence-corrected chi connectivity index (χ4v) is 1.69. The van der Waals surface area contributed by atoms with Crippen molar-refractivity contribution in [3.8, 4) is 0 Å². The highest BCUT2D eigenvalue weighted by Crippen LogP contribution is 2.27. The molecular formula is C9H14N2OS. The molecule has 1 aromatic carbocycles. The third-order valence-electron chi connectivity index (χ3n) is 1.69. The second kappa shape index (κ2) is 4.39. The lowest BCUT2D eigenvalue weighted by atomic mass is 10.3. The summed E-state index contributed by atoms with van der Waals surface area (Å²) in [6, 6.07) is 5.60. The van der Waals surface area contributed by atoms with Crippen molar-refractivity contribution in [2.75, 3.05) is 18.6 Å². The summed E-state index contributed by atoms with van der Waals surface area (Å²) in [6.45, 7) is 1.98. The molecule has 0 heterocycles. The fraction of sp³-hybridized carbons (Fsp3) is 0.333. The lowest BCUT2D eigenvalue weighted by Crippen LogP contribution is -1.99. The molecular weight excluding hydrogens is 184 g/mol. The monoisotopic (exact) mass is 198 g/mol. The number of rotatable bonds is 3. The van der Waals surface area contributed by atoms with Gasteiger partial charge in [-0.1, -0.05) is 11.8 Å². The third-order valence-corrected chi connectivity index (χ3v) is 2.74. The van der Waals surface area contributed by atoms with Crippen molar-refractivity contribution in [3.05, 3.63) is 18.2 Å². The molecule has 0 radical (unpaired) electrons. The van der Waals surface area contributed by atoms with Gasteiger partial charge in [-0.2, -0.15) is 0 Å². The molecule has 0 saturated carbocycles. The summed E-state index contributed by atoms with van der Waals surface area (Å²) >= 11 is 1.61. The standard InChI is InChI=1S/C9H14N2OS/c1-6(12-2)13-7-3-4-8(10)9(11)5-7/h3-6H,10-11H2,1-2H3. The van der Waals surface area contributed by atoms with Crippen LogP contribution < -0.4 is 11.5 Å². The van der Waals surface area contributed by atoms with Crippen LogP contribution in [-0.4, -0.2) is 12.5 Å². The maximum atomic E-state index is 5.66.